The molecule has 0 aliphatic heterocycles. The van der Waals surface area contributed by atoms with Gasteiger partial charge in [0.05, 0.1) is 0 Å². The van der Waals surface area contributed by atoms with Gasteiger partial charge in [-0.1, -0.05) is 35.8 Å². The van der Waals surface area contributed by atoms with E-state index in [1.807, 2.05) is 13.8 Å². The first-order chi connectivity index (χ1) is 6.68. The topological polar surface area (TPSA) is 15.8 Å². The molecule has 14 heavy (non-hydrogen) atoms. The van der Waals surface area contributed by atoms with E-state index in [0.717, 1.165) is 4.47 Å². The molecule has 2 rings (SSSR count). The van der Waals surface area contributed by atoms with Gasteiger partial charge >= 0.3 is 0 Å². The summed E-state index contributed by atoms with van der Waals surface area (Å²) in [4.78, 5) is 3.34. The lowest BCUT2D eigenvalue weighted by molar-refractivity contribution is 1.25. The third-order valence-corrected chi connectivity index (χ3v) is 2.76. The fourth-order valence-corrected chi connectivity index (χ4v) is 1.81. The molecule has 0 bridgehead atoms. The number of H-pyrrole nitrogens is 1. The molecule has 0 radical (unpaired) electrons. The summed E-state index contributed by atoms with van der Waals surface area (Å²) in [7, 11) is 0. The second-order valence-corrected chi connectivity index (χ2v) is 3.98. The Labute approximate surface area is 93.7 Å². The molecule has 0 aliphatic rings. The fraction of sp³-hybridized carbons (Fsp3) is 0.333. The number of aryl methyl sites for hydroxylation is 2. The Hall–Kier alpha value is -0.760. The molecule has 0 amide bonds. The van der Waals surface area contributed by atoms with E-state index in [1.54, 1.807) is 0 Å². The number of halogens is 1. The van der Waals surface area contributed by atoms with E-state index in [4.69, 9.17) is 0 Å². The molecule has 76 valence electrons. The van der Waals surface area contributed by atoms with Crippen LogP contribution in [0.4, 0.5) is 0 Å². The number of aromatic amines is 1. The number of nitrogens with one attached hydrogen (secondary N) is 1. The summed E-state index contributed by atoms with van der Waals surface area (Å²) in [6.07, 6.45) is 0. The number of hydrogen-bond donors (Lipinski definition) is 1. The Morgan fingerprint density at radius 2 is 1.79 bits per heavy atom. The van der Waals surface area contributed by atoms with Crippen molar-refractivity contribution in [3.05, 3.63) is 33.9 Å². The first-order valence-corrected chi connectivity index (χ1v) is 5.72. The summed E-state index contributed by atoms with van der Waals surface area (Å²) in [5.74, 6) is 0. The lowest BCUT2D eigenvalue weighted by atomic mass is 10.2. The van der Waals surface area contributed by atoms with Crippen LogP contribution in [0.15, 0.2) is 22.7 Å². The van der Waals surface area contributed by atoms with Crippen molar-refractivity contribution in [2.75, 3.05) is 0 Å². The Bertz CT molecular complexity index is 429. The maximum Gasteiger partial charge on any atom is 0.0470 e. The molecule has 1 heterocycles. The van der Waals surface area contributed by atoms with Crippen LogP contribution in [0.1, 0.15) is 25.1 Å². The highest BCUT2D eigenvalue weighted by Gasteiger charge is 2.02. The minimum atomic E-state index is 1.12. The Morgan fingerprint density at radius 1 is 1.14 bits per heavy atom. The normalized spacial score (nSPS) is 9.79. The lowest BCUT2D eigenvalue weighted by Gasteiger charge is -1.91. The van der Waals surface area contributed by atoms with Crippen LogP contribution in [0.5, 0.6) is 0 Å². The maximum atomic E-state index is 3.45. The summed E-state index contributed by atoms with van der Waals surface area (Å²) >= 11 is 3.45. The van der Waals surface area contributed by atoms with Crippen molar-refractivity contribution in [3.63, 3.8) is 0 Å². The smallest absolute Gasteiger partial charge is 0.0470 e. The number of fused-ring (bicyclic) bond motifs is 1. The van der Waals surface area contributed by atoms with Crippen molar-refractivity contribution in [2.45, 2.75) is 27.7 Å². The monoisotopic (exact) mass is 253 g/mol. The van der Waals surface area contributed by atoms with E-state index in [2.05, 4.69) is 53.0 Å². The number of aromatic nitrogens is 1. The maximum absolute atomic E-state index is 3.45. The molecule has 1 aromatic carbocycles. The zero-order valence-electron chi connectivity index (χ0n) is 9.11. The van der Waals surface area contributed by atoms with E-state index >= 15 is 0 Å². The van der Waals surface area contributed by atoms with Gasteiger partial charge in [0.1, 0.15) is 0 Å². The molecule has 0 unspecified atom stereocenters. The van der Waals surface area contributed by atoms with Crippen molar-refractivity contribution in [3.8, 4) is 0 Å². The lowest BCUT2D eigenvalue weighted by Crippen LogP contribution is -1.70. The molecule has 0 saturated carbocycles. The van der Waals surface area contributed by atoms with E-state index in [-0.39, 0.29) is 0 Å². The zero-order valence-corrected chi connectivity index (χ0v) is 10.7. The molecule has 2 aromatic rings. The highest BCUT2D eigenvalue weighted by molar-refractivity contribution is 9.10. The molecule has 1 nitrogen and oxygen atoms in total. The minimum absolute atomic E-state index is 1.12. The average Bonchev–Trinajstić information content (AvgIpc) is 2.45. The number of benzene rings is 1. The van der Waals surface area contributed by atoms with Gasteiger partial charge in [0.15, 0.2) is 0 Å². The Balaban J connectivity index is 0.000000461. The zero-order chi connectivity index (χ0) is 10.7. The number of rotatable bonds is 0. The SMILES string of the molecule is CC.Cc1[nH]c2cc(Br)ccc2c1C. The standard InChI is InChI=1S/C10H10BrN.C2H6/c1-6-7(2)12-10-5-8(11)3-4-9(6)10;1-2/h3-5,12H,1-2H3;1-2H3. The summed E-state index contributed by atoms with van der Waals surface area (Å²) in [6, 6.07) is 6.32. The first-order valence-electron chi connectivity index (χ1n) is 4.93. The van der Waals surface area contributed by atoms with Crippen LogP contribution in [0.3, 0.4) is 0 Å². The molecular formula is C12H16BrN. The van der Waals surface area contributed by atoms with Gasteiger partial charge in [-0.2, -0.15) is 0 Å². The van der Waals surface area contributed by atoms with Crippen LogP contribution in [0.25, 0.3) is 10.9 Å². The largest absolute Gasteiger partial charge is 0.358 e. The quantitative estimate of drug-likeness (QED) is 0.708. The van der Waals surface area contributed by atoms with Gasteiger partial charge in [0, 0.05) is 21.1 Å². The second-order valence-electron chi connectivity index (χ2n) is 3.06. The highest BCUT2D eigenvalue weighted by atomic mass is 79.9. The number of hydrogen-bond acceptors (Lipinski definition) is 0. The van der Waals surface area contributed by atoms with Crippen LogP contribution in [-0.4, -0.2) is 4.98 Å². The third-order valence-electron chi connectivity index (χ3n) is 2.27. The first kappa shape index (κ1) is 11.3. The molecule has 0 spiro atoms. The van der Waals surface area contributed by atoms with Crippen LogP contribution < -0.4 is 0 Å². The van der Waals surface area contributed by atoms with E-state index in [1.165, 1.54) is 22.2 Å². The fourth-order valence-electron chi connectivity index (χ4n) is 1.44. The molecule has 1 aromatic heterocycles. The second kappa shape index (κ2) is 4.65. The summed E-state index contributed by atoms with van der Waals surface area (Å²) in [5.41, 5.74) is 3.81. The van der Waals surface area contributed by atoms with E-state index in [0.29, 0.717) is 0 Å². The highest BCUT2D eigenvalue weighted by Crippen LogP contribution is 2.23. The van der Waals surface area contributed by atoms with Crippen LogP contribution in [0.2, 0.25) is 0 Å². The summed E-state index contributed by atoms with van der Waals surface area (Å²) < 4.78 is 1.12. The van der Waals surface area contributed by atoms with Crippen molar-refractivity contribution in [2.24, 2.45) is 0 Å². The van der Waals surface area contributed by atoms with E-state index in [9.17, 15) is 0 Å². The Morgan fingerprint density at radius 3 is 2.43 bits per heavy atom. The Kier molecular flexibility index (Phi) is 3.76. The van der Waals surface area contributed by atoms with Gasteiger partial charge in [-0.05, 0) is 31.5 Å². The summed E-state index contributed by atoms with van der Waals surface area (Å²) in [5, 5.41) is 1.32. The van der Waals surface area contributed by atoms with Gasteiger partial charge in [-0.25, -0.2) is 0 Å². The third kappa shape index (κ3) is 2.01. The summed E-state index contributed by atoms with van der Waals surface area (Å²) in [6.45, 7) is 8.24. The molecule has 0 fully saturated rings. The predicted molar refractivity (Wildman–Crippen MR) is 66.8 cm³/mol. The van der Waals surface area contributed by atoms with Gasteiger partial charge in [0.25, 0.3) is 0 Å². The molecule has 2 heteroatoms. The average molecular weight is 254 g/mol. The van der Waals surface area contributed by atoms with Gasteiger partial charge in [0.2, 0.25) is 0 Å². The molecule has 0 aliphatic carbocycles. The van der Waals surface area contributed by atoms with Crippen molar-refractivity contribution in [1.29, 1.82) is 0 Å². The van der Waals surface area contributed by atoms with Crippen molar-refractivity contribution < 1.29 is 0 Å². The van der Waals surface area contributed by atoms with Crippen LogP contribution in [-0.2, 0) is 0 Å². The van der Waals surface area contributed by atoms with Crippen LogP contribution in [0, 0.1) is 13.8 Å². The van der Waals surface area contributed by atoms with Crippen molar-refractivity contribution >= 4 is 26.8 Å². The van der Waals surface area contributed by atoms with E-state index < -0.39 is 0 Å². The van der Waals surface area contributed by atoms with Gasteiger partial charge in [-0.3, -0.25) is 0 Å². The van der Waals surface area contributed by atoms with Crippen LogP contribution >= 0.6 is 15.9 Å². The molecule has 0 saturated heterocycles. The molecule has 1 N–H and O–H groups in total. The van der Waals surface area contributed by atoms with Gasteiger partial charge in [-0.15, -0.1) is 0 Å². The van der Waals surface area contributed by atoms with Crippen molar-refractivity contribution in [1.82, 2.24) is 4.98 Å². The van der Waals surface area contributed by atoms with Gasteiger partial charge < -0.3 is 4.98 Å². The molecular weight excluding hydrogens is 238 g/mol. The predicted octanol–water partition coefficient (Wildman–Crippen LogP) is 4.57. The minimum Gasteiger partial charge on any atom is -0.358 e. The molecule has 0 atom stereocenters.